The number of rotatable bonds is 3. The van der Waals surface area contributed by atoms with Crippen LogP contribution in [0.25, 0.3) is 0 Å². The summed E-state index contributed by atoms with van der Waals surface area (Å²) in [4.78, 5) is 24.6. The molecule has 1 amide bonds. The first kappa shape index (κ1) is 15.3. The molecule has 0 saturated carbocycles. The van der Waals surface area contributed by atoms with E-state index in [-0.39, 0.29) is 29.0 Å². The number of ether oxygens (including phenoxy) is 1. The van der Waals surface area contributed by atoms with Crippen LogP contribution < -0.4 is 5.32 Å². The number of hydrogen-bond acceptors (Lipinski definition) is 4. The number of ketones is 1. The fourth-order valence-corrected chi connectivity index (χ4v) is 3.39. The van der Waals surface area contributed by atoms with Crippen molar-refractivity contribution in [3.63, 3.8) is 0 Å². The Morgan fingerprint density at radius 2 is 2.14 bits per heavy atom. The van der Waals surface area contributed by atoms with Gasteiger partial charge in [-0.1, -0.05) is 13.8 Å². The molecule has 1 aromatic heterocycles. The van der Waals surface area contributed by atoms with E-state index in [0.717, 1.165) is 19.4 Å². The summed E-state index contributed by atoms with van der Waals surface area (Å²) >= 11 is 0. The van der Waals surface area contributed by atoms with Gasteiger partial charge in [0.15, 0.2) is 11.5 Å². The van der Waals surface area contributed by atoms with Gasteiger partial charge in [0.2, 0.25) is 0 Å². The molecule has 1 unspecified atom stereocenters. The first-order chi connectivity index (χ1) is 10.4. The van der Waals surface area contributed by atoms with Crippen molar-refractivity contribution in [1.29, 1.82) is 0 Å². The number of fused-ring (bicyclic) bond motifs is 1. The fourth-order valence-electron chi connectivity index (χ4n) is 3.39. The third kappa shape index (κ3) is 2.82. The first-order valence-corrected chi connectivity index (χ1v) is 7.93. The van der Waals surface area contributed by atoms with Gasteiger partial charge in [0.05, 0.1) is 11.7 Å². The summed E-state index contributed by atoms with van der Waals surface area (Å²) in [6.07, 6.45) is 3.29. The lowest BCUT2D eigenvalue weighted by Crippen LogP contribution is -2.31. The van der Waals surface area contributed by atoms with E-state index in [2.05, 4.69) is 5.32 Å². The van der Waals surface area contributed by atoms with Gasteiger partial charge in [-0.2, -0.15) is 0 Å². The van der Waals surface area contributed by atoms with E-state index in [4.69, 9.17) is 9.15 Å². The van der Waals surface area contributed by atoms with E-state index in [1.165, 1.54) is 0 Å². The van der Waals surface area contributed by atoms with Gasteiger partial charge in [0.25, 0.3) is 5.91 Å². The molecule has 1 aliphatic heterocycles. The van der Waals surface area contributed by atoms with Crippen molar-refractivity contribution in [2.45, 2.75) is 52.6 Å². The predicted molar refractivity (Wildman–Crippen MR) is 81.2 cm³/mol. The van der Waals surface area contributed by atoms with Crippen molar-refractivity contribution >= 4 is 11.7 Å². The molecule has 1 atom stereocenters. The molecule has 1 aliphatic carbocycles. The van der Waals surface area contributed by atoms with Gasteiger partial charge in [-0.25, -0.2) is 0 Å². The quantitative estimate of drug-likeness (QED) is 0.932. The van der Waals surface area contributed by atoms with E-state index in [1.54, 1.807) is 6.92 Å². The number of nitrogens with one attached hydrogen (secondary N) is 1. The highest BCUT2D eigenvalue weighted by molar-refractivity contribution is 6.03. The van der Waals surface area contributed by atoms with Crippen LogP contribution in [-0.2, 0) is 11.2 Å². The second kappa shape index (κ2) is 5.54. The molecule has 1 fully saturated rings. The van der Waals surface area contributed by atoms with Crippen LogP contribution in [0.15, 0.2) is 4.42 Å². The Balaban J connectivity index is 1.77. The van der Waals surface area contributed by atoms with Crippen LogP contribution in [0.3, 0.4) is 0 Å². The number of furan rings is 1. The highest BCUT2D eigenvalue weighted by atomic mass is 16.5. The zero-order valence-electron chi connectivity index (χ0n) is 13.5. The molecule has 2 heterocycles. The Bertz CT molecular complexity index is 608. The summed E-state index contributed by atoms with van der Waals surface area (Å²) in [6, 6.07) is 0. The highest BCUT2D eigenvalue weighted by Crippen LogP contribution is 2.38. The molecular weight excluding hydrogens is 282 g/mol. The number of carbonyl (C=O) groups is 2. The Hall–Kier alpha value is -1.62. The molecule has 2 aliphatic rings. The summed E-state index contributed by atoms with van der Waals surface area (Å²) in [6.45, 7) is 7.13. The van der Waals surface area contributed by atoms with E-state index in [9.17, 15) is 9.59 Å². The summed E-state index contributed by atoms with van der Waals surface area (Å²) in [5, 5.41) is 2.86. The maximum atomic E-state index is 12.3. The van der Waals surface area contributed by atoms with E-state index in [0.29, 0.717) is 36.3 Å². The molecule has 0 aromatic carbocycles. The van der Waals surface area contributed by atoms with Gasteiger partial charge in [-0.05, 0) is 25.2 Å². The molecule has 3 rings (SSSR count). The van der Waals surface area contributed by atoms with Gasteiger partial charge in [-0.15, -0.1) is 0 Å². The number of amides is 1. The average Bonchev–Trinajstić information content (AvgIpc) is 3.02. The lowest BCUT2D eigenvalue weighted by molar-refractivity contribution is 0.0828. The van der Waals surface area contributed by atoms with Gasteiger partial charge in [0.1, 0.15) is 5.76 Å². The van der Waals surface area contributed by atoms with Gasteiger partial charge in [-0.3, -0.25) is 9.59 Å². The number of hydrogen-bond donors (Lipinski definition) is 1. The van der Waals surface area contributed by atoms with Crippen LogP contribution in [0.4, 0.5) is 0 Å². The standard InChI is InChI=1S/C17H23NO4/c1-10-14-12(19)7-17(2,3)8-13(14)22-15(10)16(20)18-9-11-5-4-6-21-11/h11H,4-9H2,1-3H3,(H,18,20). The minimum atomic E-state index is -0.256. The molecule has 1 saturated heterocycles. The summed E-state index contributed by atoms with van der Waals surface area (Å²) < 4.78 is 11.2. The lowest BCUT2D eigenvalue weighted by atomic mass is 9.76. The van der Waals surface area contributed by atoms with E-state index < -0.39 is 0 Å². The lowest BCUT2D eigenvalue weighted by Gasteiger charge is -2.27. The second-order valence-electron chi connectivity index (χ2n) is 7.14. The molecule has 0 spiro atoms. The van der Waals surface area contributed by atoms with E-state index >= 15 is 0 Å². The average molecular weight is 305 g/mol. The van der Waals surface area contributed by atoms with Gasteiger partial charge >= 0.3 is 0 Å². The Labute approximate surface area is 130 Å². The largest absolute Gasteiger partial charge is 0.455 e. The van der Waals surface area contributed by atoms with Gasteiger partial charge < -0.3 is 14.5 Å². The Kier molecular flexibility index (Phi) is 3.85. The van der Waals surface area contributed by atoms with Crippen LogP contribution in [-0.4, -0.2) is 30.9 Å². The molecule has 5 heteroatoms. The smallest absolute Gasteiger partial charge is 0.287 e. The minimum absolute atomic E-state index is 0.0747. The highest BCUT2D eigenvalue weighted by Gasteiger charge is 2.37. The van der Waals surface area contributed by atoms with E-state index in [1.807, 2.05) is 13.8 Å². The molecule has 1 aromatic rings. The molecule has 1 N–H and O–H groups in total. The van der Waals surface area contributed by atoms with Crippen LogP contribution in [0, 0.1) is 12.3 Å². The van der Waals surface area contributed by atoms with Crippen LogP contribution in [0.2, 0.25) is 0 Å². The van der Waals surface area contributed by atoms with Gasteiger partial charge in [0, 0.05) is 31.6 Å². The summed E-state index contributed by atoms with van der Waals surface area (Å²) in [5.74, 6) is 0.744. The topological polar surface area (TPSA) is 68.5 Å². The van der Waals surface area contributed by atoms with Crippen LogP contribution in [0.5, 0.6) is 0 Å². The molecule has 5 nitrogen and oxygen atoms in total. The fraction of sp³-hybridized carbons (Fsp3) is 0.647. The summed E-state index contributed by atoms with van der Waals surface area (Å²) in [7, 11) is 0. The van der Waals surface area contributed by atoms with Crippen molar-refractivity contribution in [3.05, 3.63) is 22.6 Å². The minimum Gasteiger partial charge on any atom is -0.455 e. The maximum absolute atomic E-state index is 12.3. The zero-order chi connectivity index (χ0) is 15.9. The number of Topliss-reactive ketones (excluding diaryl/α,β-unsaturated/α-hetero) is 1. The molecule has 22 heavy (non-hydrogen) atoms. The van der Waals surface area contributed by atoms with Crippen LogP contribution in [0.1, 0.15) is 65.3 Å². The van der Waals surface area contributed by atoms with Crippen molar-refractivity contribution in [2.75, 3.05) is 13.2 Å². The molecule has 0 radical (unpaired) electrons. The number of carbonyl (C=O) groups excluding carboxylic acids is 2. The molecular formula is C17H23NO4. The van der Waals surface area contributed by atoms with Crippen molar-refractivity contribution < 1.29 is 18.7 Å². The Morgan fingerprint density at radius 1 is 1.36 bits per heavy atom. The normalized spacial score (nSPS) is 23.4. The molecule has 0 bridgehead atoms. The monoisotopic (exact) mass is 305 g/mol. The third-order valence-corrected chi connectivity index (χ3v) is 4.50. The van der Waals surface area contributed by atoms with Crippen molar-refractivity contribution in [3.8, 4) is 0 Å². The third-order valence-electron chi connectivity index (χ3n) is 4.50. The second-order valence-corrected chi connectivity index (χ2v) is 7.14. The predicted octanol–water partition coefficient (Wildman–Crippen LogP) is 2.65. The van der Waals surface area contributed by atoms with Crippen molar-refractivity contribution in [2.24, 2.45) is 5.41 Å². The first-order valence-electron chi connectivity index (χ1n) is 7.93. The Morgan fingerprint density at radius 3 is 2.82 bits per heavy atom. The zero-order valence-corrected chi connectivity index (χ0v) is 13.5. The van der Waals surface area contributed by atoms with Crippen molar-refractivity contribution in [1.82, 2.24) is 5.32 Å². The molecule has 120 valence electrons. The van der Waals surface area contributed by atoms with Crippen LogP contribution >= 0.6 is 0 Å². The maximum Gasteiger partial charge on any atom is 0.287 e. The summed E-state index contributed by atoms with van der Waals surface area (Å²) in [5.41, 5.74) is 1.17. The SMILES string of the molecule is Cc1c(C(=O)NCC2CCCO2)oc2c1C(=O)CC(C)(C)C2.